The number of aryl methyl sites for hydroxylation is 2. The van der Waals surface area contributed by atoms with E-state index in [0.717, 1.165) is 19.3 Å². The molecule has 0 aliphatic carbocycles. The Bertz CT molecular complexity index is 952. The van der Waals surface area contributed by atoms with E-state index in [1.54, 1.807) is 0 Å². The van der Waals surface area contributed by atoms with Crippen LogP contribution >= 0.6 is 0 Å². The van der Waals surface area contributed by atoms with Crippen LogP contribution in [0.15, 0.2) is 90.6 Å². The van der Waals surface area contributed by atoms with Gasteiger partial charge in [0.2, 0.25) is 0 Å². The summed E-state index contributed by atoms with van der Waals surface area (Å²) in [7, 11) is 0. The molecule has 2 aromatic rings. The van der Waals surface area contributed by atoms with Gasteiger partial charge in [0.1, 0.15) is 0 Å². The number of benzene rings is 2. The highest BCUT2D eigenvalue weighted by Gasteiger charge is 2.19. The molecule has 2 atom stereocenters. The van der Waals surface area contributed by atoms with E-state index in [-0.39, 0.29) is 0 Å². The molecule has 0 aliphatic heterocycles. The molecule has 164 valence electrons. The van der Waals surface area contributed by atoms with Crippen molar-refractivity contribution < 1.29 is 0 Å². The summed E-state index contributed by atoms with van der Waals surface area (Å²) in [4.78, 5) is 0. The van der Waals surface area contributed by atoms with Gasteiger partial charge in [0.15, 0.2) is 0 Å². The minimum absolute atomic E-state index is 0.393. The van der Waals surface area contributed by atoms with Crippen molar-refractivity contribution in [2.75, 3.05) is 0 Å². The van der Waals surface area contributed by atoms with Gasteiger partial charge in [-0.3, -0.25) is 0 Å². The highest BCUT2D eigenvalue weighted by Crippen LogP contribution is 2.33. The quantitative estimate of drug-likeness (QED) is 0.269. The fourth-order valence-corrected chi connectivity index (χ4v) is 4.06. The third kappa shape index (κ3) is 7.55. The molecular formula is C31H40. The molecule has 0 N–H and O–H groups in total. The summed E-state index contributed by atoms with van der Waals surface area (Å²) in [5.41, 5.74) is 9.38. The normalized spacial score (nSPS) is 14.6. The standard InChI is InChI=1S/C31H40/c1-8-23(3)21-27(7)30(31-16-11-10-14-28(31)9-2)20-18-24(4)17-19-26(6)29-15-12-13-25(5)22-29/h10-20,22,27,30H,3,8-9,21H2,1-2,4-7H3/b20-18+,24-17+,26-19+/t27-,30?/m1/s1. The molecule has 0 heteroatoms. The van der Waals surface area contributed by atoms with Crippen LogP contribution in [0.25, 0.3) is 5.57 Å². The van der Waals surface area contributed by atoms with Crippen LogP contribution in [-0.2, 0) is 6.42 Å². The average molecular weight is 413 g/mol. The summed E-state index contributed by atoms with van der Waals surface area (Å²) in [6.45, 7) is 17.6. The average Bonchev–Trinajstić information content (AvgIpc) is 2.77. The molecule has 2 aromatic carbocycles. The van der Waals surface area contributed by atoms with E-state index >= 15 is 0 Å². The van der Waals surface area contributed by atoms with Crippen LogP contribution in [-0.4, -0.2) is 0 Å². The van der Waals surface area contributed by atoms with Crippen LogP contribution in [0.2, 0.25) is 0 Å². The first-order valence-electron chi connectivity index (χ1n) is 11.7. The van der Waals surface area contributed by atoms with Crippen molar-refractivity contribution in [1.29, 1.82) is 0 Å². The third-order valence-corrected chi connectivity index (χ3v) is 6.15. The Kier molecular flexibility index (Phi) is 9.79. The lowest BCUT2D eigenvalue weighted by atomic mass is 9.80. The largest absolute Gasteiger partial charge is 0.0999 e. The van der Waals surface area contributed by atoms with E-state index < -0.39 is 0 Å². The molecule has 0 radical (unpaired) electrons. The van der Waals surface area contributed by atoms with Gasteiger partial charge in [0.25, 0.3) is 0 Å². The first-order valence-corrected chi connectivity index (χ1v) is 11.7. The Morgan fingerprint density at radius 2 is 1.74 bits per heavy atom. The molecule has 0 fully saturated rings. The molecular weight excluding hydrogens is 372 g/mol. The summed E-state index contributed by atoms with van der Waals surface area (Å²) in [5.74, 6) is 0.915. The summed E-state index contributed by atoms with van der Waals surface area (Å²) in [6, 6.07) is 17.6. The minimum atomic E-state index is 0.393. The molecule has 0 saturated heterocycles. The molecule has 0 aliphatic rings. The van der Waals surface area contributed by atoms with Gasteiger partial charge in [-0.05, 0) is 68.2 Å². The Hall–Kier alpha value is -2.60. The molecule has 0 saturated carbocycles. The van der Waals surface area contributed by atoms with Crippen molar-refractivity contribution in [3.63, 3.8) is 0 Å². The summed E-state index contributed by atoms with van der Waals surface area (Å²) >= 11 is 0. The van der Waals surface area contributed by atoms with Crippen LogP contribution in [0.3, 0.4) is 0 Å². The lowest BCUT2D eigenvalue weighted by molar-refractivity contribution is 0.511. The maximum atomic E-state index is 4.27. The highest BCUT2D eigenvalue weighted by atomic mass is 14.2. The Labute approximate surface area is 191 Å². The molecule has 0 spiro atoms. The first-order chi connectivity index (χ1) is 14.8. The smallest absolute Gasteiger partial charge is 0.00526 e. The maximum Gasteiger partial charge on any atom is 0.00526 e. The van der Waals surface area contributed by atoms with Gasteiger partial charge in [-0.2, -0.15) is 0 Å². The van der Waals surface area contributed by atoms with Crippen molar-refractivity contribution in [3.05, 3.63) is 113 Å². The SMILES string of the molecule is C=C(CC)C[C@@H](C)C(/C=C/C(C)=C/C=C(\C)c1cccc(C)c1)c1ccccc1CC. The predicted octanol–water partition coefficient (Wildman–Crippen LogP) is 9.24. The van der Waals surface area contributed by atoms with Crippen LogP contribution in [0, 0.1) is 12.8 Å². The van der Waals surface area contributed by atoms with Gasteiger partial charge in [0.05, 0.1) is 0 Å². The van der Waals surface area contributed by atoms with Crippen molar-refractivity contribution in [3.8, 4) is 0 Å². The van der Waals surface area contributed by atoms with Gasteiger partial charge in [-0.25, -0.2) is 0 Å². The van der Waals surface area contributed by atoms with E-state index in [1.807, 2.05) is 0 Å². The van der Waals surface area contributed by atoms with E-state index in [2.05, 4.69) is 121 Å². The Morgan fingerprint density at radius 3 is 2.42 bits per heavy atom. The molecule has 0 aromatic heterocycles. The van der Waals surface area contributed by atoms with Crippen molar-refractivity contribution in [2.45, 2.75) is 66.7 Å². The maximum absolute atomic E-state index is 4.27. The highest BCUT2D eigenvalue weighted by molar-refractivity contribution is 5.65. The summed E-state index contributed by atoms with van der Waals surface area (Å²) < 4.78 is 0. The second-order valence-electron chi connectivity index (χ2n) is 8.85. The van der Waals surface area contributed by atoms with E-state index in [4.69, 9.17) is 0 Å². The van der Waals surface area contributed by atoms with E-state index in [0.29, 0.717) is 11.8 Å². The van der Waals surface area contributed by atoms with E-state index in [1.165, 1.54) is 39.0 Å². The summed E-state index contributed by atoms with van der Waals surface area (Å²) in [6.07, 6.45) is 12.3. The number of hydrogen-bond acceptors (Lipinski definition) is 0. The lowest BCUT2D eigenvalue weighted by Gasteiger charge is -2.24. The predicted molar refractivity (Wildman–Crippen MR) is 139 cm³/mol. The second kappa shape index (κ2) is 12.3. The lowest BCUT2D eigenvalue weighted by Crippen LogP contribution is -2.11. The minimum Gasteiger partial charge on any atom is -0.0999 e. The molecule has 0 nitrogen and oxygen atoms in total. The monoisotopic (exact) mass is 412 g/mol. The van der Waals surface area contributed by atoms with E-state index in [9.17, 15) is 0 Å². The fourth-order valence-electron chi connectivity index (χ4n) is 4.06. The molecule has 0 amide bonds. The molecule has 0 heterocycles. The Morgan fingerprint density at radius 1 is 1.00 bits per heavy atom. The van der Waals surface area contributed by atoms with Crippen LogP contribution in [0.1, 0.15) is 75.6 Å². The number of allylic oxidation sites excluding steroid dienone is 7. The fraction of sp³-hybridized carbons (Fsp3) is 0.355. The second-order valence-corrected chi connectivity index (χ2v) is 8.85. The zero-order chi connectivity index (χ0) is 22.8. The molecule has 0 bridgehead atoms. The zero-order valence-corrected chi connectivity index (χ0v) is 20.4. The molecule has 31 heavy (non-hydrogen) atoms. The van der Waals surface area contributed by atoms with Crippen LogP contribution < -0.4 is 0 Å². The van der Waals surface area contributed by atoms with Crippen molar-refractivity contribution >= 4 is 5.57 Å². The number of rotatable bonds is 10. The van der Waals surface area contributed by atoms with Gasteiger partial charge < -0.3 is 0 Å². The van der Waals surface area contributed by atoms with Gasteiger partial charge >= 0.3 is 0 Å². The van der Waals surface area contributed by atoms with Crippen LogP contribution in [0.5, 0.6) is 0 Å². The van der Waals surface area contributed by atoms with Gasteiger partial charge in [-0.1, -0.05) is 117 Å². The zero-order valence-electron chi connectivity index (χ0n) is 20.4. The first kappa shape index (κ1) is 24.7. The summed E-state index contributed by atoms with van der Waals surface area (Å²) in [5, 5.41) is 0. The molecule has 1 unspecified atom stereocenters. The van der Waals surface area contributed by atoms with Crippen molar-refractivity contribution in [2.24, 2.45) is 5.92 Å². The Balaban J connectivity index is 2.28. The van der Waals surface area contributed by atoms with Gasteiger partial charge in [0, 0.05) is 5.92 Å². The third-order valence-electron chi connectivity index (χ3n) is 6.15. The van der Waals surface area contributed by atoms with Crippen molar-refractivity contribution in [1.82, 2.24) is 0 Å². The molecule has 2 rings (SSSR count). The van der Waals surface area contributed by atoms with Crippen LogP contribution in [0.4, 0.5) is 0 Å². The van der Waals surface area contributed by atoms with Gasteiger partial charge in [-0.15, -0.1) is 0 Å². The number of hydrogen-bond donors (Lipinski definition) is 0. The topological polar surface area (TPSA) is 0 Å².